The van der Waals surface area contributed by atoms with E-state index >= 15 is 0 Å². The summed E-state index contributed by atoms with van der Waals surface area (Å²) in [6.07, 6.45) is 7.10. The lowest BCUT2D eigenvalue weighted by Crippen LogP contribution is -2.34. The molecule has 0 spiro atoms. The maximum atomic E-state index is 14.7. The molecule has 0 heterocycles. The van der Waals surface area contributed by atoms with Crippen molar-refractivity contribution in [2.45, 2.75) is 96.2 Å². The molecule has 1 atom stereocenters. The highest BCUT2D eigenvalue weighted by atomic mass is 19.1. The van der Waals surface area contributed by atoms with E-state index in [0.29, 0.717) is 25.7 Å². The zero-order valence-corrected chi connectivity index (χ0v) is 14.5. The summed E-state index contributed by atoms with van der Waals surface area (Å²) in [5.74, 6) is 4.95. The van der Waals surface area contributed by atoms with Gasteiger partial charge < -0.3 is 5.32 Å². The molecule has 1 unspecified atom stereocenters. The minimum absolute atomic E-state index is 0.0202. The number of ketones is 1. The van der Waals surface area contributed by atoms with Crippen LogP contribution in [0.25, 0.3) is 0 Å². The fraction of sp³-hybridized carbons (Fsp3) is 0.789. The second-order valence-corrected chi connectivity index (χ2v) is 6.37. The molecule has 1 aliphatic rings. The summed E-state index contributed by atoms with van der Waals surface area (Å²) in [5, 5.41) is 2.97. The highest BCUT2D eigenvalue weighted by molar-refractivity contribution is 5.90. The SMILES string of the molecule is CCC(CC)NC(=O)CCCCC(=O)C1(F)C#CCCCCC1. The molecule has 0 aromatic rings. The Morgan fingerprint density at radius 2 is 1.83 bits per heavy atom. The number of rotatable bonds is 9. The fourth-order valence-corrected chi connectivity index (χ4v) is 2.79. The van der Waals surface area contributed by atoms with Crippen LogP contribution in [0.15, 0.2) is 0 Å². The molecule has 0 aromatic heterocycles. The van der Waals surface area contributed by atoms with Crippen LogP contribution in [0.3, 0.4) is 0 Å². The van der Waals surface area contributed by atoms with Gasteiger partial charge in [0.25, 0.3) is 0 Å². The highest BCUT2D eigenvalue weighted by Gasteiger charge is 2.35. The first-order chi connectivity index (χ1) is 11.0. The van der Waals surface area contributed by atoms with Gasteiger partial charge in [0.2, 0.25) is 11.6 Å². The van der Waals surface area contributed by atoms with Crippen molar-refractivity contribution < 1.29 is 14.0 Å². The minimum atomic E-state index is -1.96. The molecule has 1 rings (SSSR count). The standard InChI is InChI=1S/C19H30FNO2/c1-3-16(4-2)21-18(23)13-9-8-12-17(22)19(20)14-10-6-5-7-11-15-19/h16H,3-10,12-14H2,1-2H3,(H,21,23). The number of carbonyl (C=O) groups is 2. The zero-order valence-electron chi connectivity index (χ0n) is 14.5. The molecular formula is C19H30FNO2. The maximum absolute atomic E-state index is 14.7. The summed E-state index contributed by atoms with van der Waals surface area (Å²) in [6.45, 7) is 4.09. The molecule has 0 saturated heterocycles. The number of hydrogen-bond acceptors (Lipinski definition) is 2. The van der Waals surface area contributed by atoms with Crippen LogP contribution >= 0.6 is 0 Å². The summed E-state index contributed by atoms with van der Waals surface area (Å²) < 4.78 is 14.7. The second-order valence-electron chi connectivity index (χ2n) is 6.37. The van der Waals surface area contributed by atoms with E-state index < -0.39 is 11.5 Å². The van der Waals surface area contributed by atoms with Gasteiger partial charge in [-0.25, -0.2) is 4.39 Å². The van der Waals surface area contributed by atoms with Gasteiger partial charge in [-0.3, -0.25) is 9.59 Å². The van der Waals surface area contributed by atoms with Crippen molar-refractivity contribution in [3.05, 3.63) is 0 Å². The number of unbranched alkanes of at least 4 members (excludes halogenated alkanes) is 1. The van der Waals surface area contributed by atoms with Crippen molar-refractivity contribution in [3.8, 4) is 11.8 Å². The number of carbonyl (C=O) groups excluding carboxylic acids is 2. The average Bonchev–Trinajstić information content (AvgIpc) is 2.52. The van der Waals surface area contributed by atoms with Gasteiger partial charge in [-0.05, 0) is 38.5 Å². The molecule has 0 aliphatic heterocycles. The largest absolute Gasteiger partial charge is 0.353 e. The quantitative estimate of drug-likeness (QED) is 0.513. The zero-order chi connectivity index (χ0) is 17.1. The average molecular weight is 323 g/mol. The van der Waals surface area contributed by atoms with Gasteiger partial charge in [0, 0.05) is 31.7 Å². The Morgan fingerprint density at radius 3 is 2.52 bits per heavy atom. The van der Waals surface area contributed by atoms with E-state index in [9.17, 15) is 14.0 Å². The van der Waals surface area contributed by atoms with Crippen LogP contribution in [0.4, 0.5) is 4.39 Å². The number of Topliss-reactive ketones (excluding diaryl/α,β-unsaturated/α-hetero) is 1. The van der Waals surface area contributed by atoms with Gasteiger partial charge in [0.15, 0.2) is 5.78 Å². The summed E-state index contributed by atoms with van der Waals surface area (Å²) >= 11 is 0. The molecule has 3 nitrogen and oxygen atoms in total. The fourth-order valence-electron chi connectivity index (χ4n) is 2.79. The normalized spacial score (nSPS) is 21.0. The molecule has 0 saturated carbocycles. The van der Waals surface area contributed by atoms with E-state index in [4.69, 9.17) is 0 Å². The molecule has 130 valence electrons. The second kappa shape index (κ2) is 10.4. The monoisotopic (exact) mass is 323 g/mol. The Hall–Kier alpha value is -1.37. The van der Waals surface area contributed by atoms with Crippen molar-refractivity contribution in [2.75, 3.05) is 0 Å². The number of hydrogen-bond donors (Lipinski definition) is 1. The third kappa shape index (κ3) is 7.16. The molecular weight excluding hydrogens is 293 g/mol. The highest BCUT2D eigenvalue weighted by Crippen LogP contribution is 2.25. The molecule has 4 heteroatoms. The first-order valence-corrected chi connectivity index (χ1v) is 9.03. The van der Waals surface area contributed by atoms with Crippen molar-refractivity contribution in [1.82, 2.24) is 5.32 Å². The lowest BCUT2D eigenvalue weighted by molar-refractivity contribution is -0.128. The van der Waals surface area contributed by atoms with Gasteiger partial charge in [-0.1, -0.05) is 32.1 Å². The van der Waals surface area contributed by atoms with E-state index in [1.165, 1.54) is 0 Å². The first-order valence-electron chi connectivity index (χ1n) is 9.03. The predicted molar refractivity (Wildman–Crippen MR) is 90.7 cm³/mol. The van der Waals surface area contributed by atoms with E-state index in [2.05, 4.69) is 17.2 Å². The van der Waals surface area contributed by atoms with Gasteiger partial charge in [0.05, 0.1) is 0 Å². The van der Waals surface area contributed by atoms with Crippen LogP contribution in [-0.2, 0) is 9.59 Å². The van der Waals surface area contributed by atoms with E-state index in [-0.39, 0.29) is 24.8 Å². The molecule has 1 N–H and O–H groups in total. The lowest BCUT2D eigenvalue weighted by atomic mass is 9.89. The van der Waals surface area contributed by atoms with Crippen molar-refractivity contribution in [3.63, 3.8) is 0 Å². The molecule has 1 amide bonds. The summed E-state index contributed by atoms with van der Waals surface area (Å²) in [4.78, 5) is 23.9. The number of amides is 1. The first kappa shape index (κ1) is 19.7. The van der Waals surface area contributed by atoms with Gasteiger partial charge in [0.1, 0.15) is 0 Å². The maximum Gasteiger partial charge on any atom is 0.228 e. The summed E-state index contributed by atoms with van der Waals surface area (Å²) in [7, 11) is 0. The van der Waals surface area contributed by atoms with E-state index in [1.54, 1.807) is 0 Å². The number of nitrogens with one attached hydrogen (secondary N) is 1. The number of halogens is 1. The van der Waals surface area contributed by atoms with Crippen LogP contribution in [-0.4, -0.2) is 23.4 Å². The molecule has 0 radical (unpaired) electrons. The minimum Gasteiger partial charge on any atom is -0.353 e. The van der Waals surface area contributed by atoms with Crippen molar-refractivity contribution in [1.29, 1.82) is 0 Å². The Bertz CT molecular complexity index is 448. The summed E-state index contributed by atoms with van der Waals surface area (Å²) in [5.41, 5.74) is -1.96. The third-order valence-electron chi connectivity index (χ3n) is 4.46. The van der Waals surface area contributed by atoms with Gasteiger partial charge in [-0.2, -0.15) is 0 Å². The topological polar surface area (TPSA) is 46.2 Å². The molecule has 0 fully saturated rings. The predicted octanol–water partition coefficient (Wildman–Crippen LogP) is 4.10. The van der Waals surface area contributed by atoms with Crippen LogP contribution in [0.1, 0.15) is 84.5 Å². The van der Waals surface area contributed by atoms with Gasteiger partial charge >= 0.3 is 0 Å². The van der Waals surface area contributed by atoms with Crippen LogP contribution in [0, 0.1) is 11.8 Å². The van der Waals surface area contributed by atoms with Crippen molar-refractivity contribution >= 4 is 11.7 Å². The Balaban J connectivity index is 2.31. The van der Waals surface area contributed by atoms with Crippen LogP contribution in [0.5, 0.6) is 0 Å². The Morgan fingerprint density at radius 1 is 1.13 bits per heavy atom. The molecule has 1 aliphatic carbocycles. The smallest absolute Gasteiger partial charge is 0.228 e. The van der Waals surface area contributed by atoms with Crippen molar-refractivity contribution in [2.24, 2.45) is 0 Å². The molecule has 0 bridgehead atoms. The Labute approximate surface area is 139 Å². The summed E-state index contributed by atoms with van der Waals surface area (Å²) in [6, 6.07) is 0.225. The van der Waals surface area contributed by atoms with Crippen LogP contribution in [0.2, 0.25) is 0 Å². The molecule has 0 aromatic carbocycles. The van der Waals surface area contributed by atoms with E-state index in [1.807, 2.05) is 13.8 Å². The lowest BCUT2D eigenvalue weighted by Gasteiger charge is -2.19. The van der Waals surface area contributed by atoms with Crippen LogP contribution < -0.4 is 5.32 Å². The number of alkyl halides is 1. The third-order valence-corrected chi connectivity index (χ3v) is 4.46. The Kier molecular flexibility index (Phi) is 8.91. The van der Waals surface area contributed by atoms with E-state index in [0.717, 1.165) is 32.1 Å². The van der Waals surface area contributed by atoms with Gasteiger partial charge in [-0.15, -0.1) is 0 Å². The molecule has 23 heavy (non-hydrogen) atoms.